The first-order chi connectivity index (χ1) is 17.1. The van der Waals surface area contributed by atoms with Crippen LogP contribution in [0.5, 0.6) is 11.6 Å². The summed E-state index contributed by atoms with van der Waals surface area (Å²) in [7, 11) is 0. The first-order valence-electron chi connectivity index (χ1n) is 12.0. The third kappa shape index (κ3) is 5.09. The van der Waals surface area contributed by atoms with Gasteiger partial charge in [-0.1, -0.05) is 35.9 Å². The van der Waals surface area contributed by atoms with Crippen LogP contribution in [0.15, 0.2) is 73.3 Å². The number of carbonyl (C=O) groups excluding carboxylic acids is 1. The molecule has 3 heterocycles. The maximum absolute atomic E-state index is 13.5. The number of rotatable bonds is 6. The van der Waals surface area contributed by atoms with Crippen LogP contribution in [-0.2, 0) is 6.54 Å². The molecule has 7 heteroatoms. The molecule has 7 nitrogen and oxygen atoms in total. The van der Waals surface area contributed by atoms with Gasteiger partial charge in [0.25, 0.3) is 5.91 Å². The Kier molecular flexibility index (Phi) is 6.57. The Hall–Kier alpha value is -4.00. The molecule has 0 unspecified atom stereocenters. The molecule has 1 saturated heterocycles. The van der Waals surface area contributed by atoms with Crippen molar-refractivity contribution in [1.29, 1.82) is 0 Å². The predicted molar refractivity (Wildman–Crippen MR) is 134 cm³/mol. The van der Waals surface area contributed by atoms with E-state index in [1.165, 1.54) is 5.56 Å². The number of hydrogen-bond acceptors (Lipinski definition) is 5. The second-order valence-corrected chi connectivity index (χ2v) is 8.99. The molecule has 1 aliphatic rings. The third-order valence-electron chi connectivity index (χ3n) is 6.61. The molecule has 0 N–H and O–H groups in total. The third-order valence-corrected chi connectivity index (χ3v) is 6.61. The lowest BCUT2D eigenvalue weighted by molar-refractivity contribution is 0.0710. The second-order valence-electron chi connectivity index (χ2n) is 8.99. The van der Waals surface area contributed by atoms with Crippen LogP contribution in [0.1, 0.15) is 51.8 Å². The van der Waals surface area contributed by atoms with Gasteiger partial charge in [-0.3, -0.25) is 9.78 Å². The number of benzene rings is 2. The van der Waals surface area contributed by atoms with Gasteiger partial charge in [-0.2, -0.15) is 0 Å². The van der Waals surface area contributed by atoms with Crippen LogP contribution in [0.2, 0.25) is 0 Å². The number of hydrogen-bond donors (Lipinski definition) is 0. The fraction of sp³-hybridized carbons (Fsp3) is 0.286. The number of nitrogens with zero attached hydrogens (tertiary/aromatic N) is 5. The van der Waals surface area contributed by atoms with E-state index in [1.807, 2.05) is 73.5 Å². The molecule has 5 rings (SSSR count). The zero-order valence-corrected chi connectivity index (χ0v) is 20.1. The van der Waals surface area contributed by atoms with E-state index >= 15 is 0 Å². The van der Waals surface area contributed by atoms with Crippen molar-refractivity contribution < 1.29 is 9.53 Å². The Bertz CT molecular complexity index is 1310. The molecule has 2 aromatic carbocycles. The van der Waals surface area contributed by atoms with Crippen molar-refractivity contribution in [3.8, 4) is 11.6 Å². The van der Waals surface area contributed by atoms with Crippen LogP contribution < -0.4 is 4.74 Å². The molecule has 1 aliphatic heterocycles. The van der Waals surface area contributed by atoms with E-state index in [0.717, 1.165) is 41.2 Å². The topological polar surface area (TPSA) is 73.1 Å². The molecule has 0 spiro atoms. The fourth-order valence-electron chi connectivity index (χ4n) is 4.56. The van der Waals surface area contributed by atoms with Crippen LogP contribution in [0.4, 0.5) is 0 Å². The summed E-state index contributed by atoms with van der Waals surface area (Å²) in [5.74, 6) is 2.49. The quantitative estimate of drug-likeness (QED) is 0.392. The summed E-state index contributed by atoms with van der Waals surface area (Å²) < 4.78 is 8.13. The zero-order chi connectivity index (χ0) is 24.2. The number of likely N-dealkylation sites (tertiary alicyclic amines) is 1. The van der Waals surface area contributed by atoms with Gasteiger partial charge in [0.1, 0.15) is 17.3 Å². The van der Waals surface area contributed by atoms with Crippen molar-refractivity contribution in [2.24, 2.45) is 0 Å². The van der Waals surface area contributed by atoms with E-state index < -0.39 is 0 Å². The van der Waals surface area contributed by atoms with E-state index in [1.54, 1.807) is 18.6 Å². The summed E-state index contributed by atoms with van der Waals surface area (Å²) in [5, 5.41) is 0. The van der Waals surface area contributed by atoms with Crippen molar-refractivity contribution in [2.75, 3.05) is 13.1 Å². The maximum atomic E-state index is 13.5. The van der Waals surface area contributed by atoms with Gasteiger partial charge in [0.2, 0.25) is 5.88 Å². The Morgan fingerprint density at radius 2 is 1.69 bits per heavy atom. The Balaban J connectivity index is 1.27. The van der Waals surface area contributed by atoms with E-state index in [4.69, 9.17) is 4.74 Å². The number of amides is 1. The number of carbonyl (C=O) groups is 1. The van der Waals surface area contributed by atoms with Gasteiger partial charge in [0.05, 0.1) is 0 Å². The van der Waals surface area contributed by atoms with E-state index in [9.17, 15) is 4.79 Å². The molecule has 0 saturated carbocycles. The molecular formula is C28H29N5O2. The Labute approximate surface area is 205 Å². The van der Waals surface area contributed by atoms with E-state index in [0.29, 0.717) is 25.5 Å². The van der Waals surface area contributed by atoms with Gasteiger partial charge in [0, 0.05) is 55.9 Å². The normalized spacial score (nSPS) is 14.2. The molecule has 35 heavy (non-hydrogen) atoms. The minimum atomic E-state index is 0.0760. The summed E-state index contributed by atoms with van der Waals surface area (Å²) in [4.78, 5) is 28.8. The summed E-state index contributed by atoms with van der Waals surface area (Å²) >= 11 is 0. The minimum Gasteiger partial charge on any atom is -0.437 e. The smallest absolute Gasteiger partial charge is 0.254 e. The maximum Gasteiger partial charge on any atom is 0.254 e. The number of ether oxygens (including phenoxy) is 1. The fourth-order valence-corrected chi connectivity index (χ4v) is 4.56. The van der Waals surface area contributed by atoms with Crippen molar-refractivity contribution in [2.45, 2.75) is 39.2 Å². The van der Waals surface area contributed by atoms with E-state index in [2.05, 4.69) is 19.5 Å². The van der Waals surface area contributed by atoms with Crippen molar-refractivity contribution >= 4 is 5.91 Å². The first-order valence-corrected chi connectivity index (χ1v) is 12.0. The molecule has 1 amide bonds. The van der Waals surface area contributed by atoms with Gasteiger partial charge in [-0.25, -0.2) is 9.97 Å². The molecule has 0 aliphatic carbocycles. The monoisotopic (exact) mass is 467 g/mol. The number of aryl methyl sites for hydroxylation is 2. The molecule has 2 aromatic heterocycles. The van der Waals surface area contributed by atoms with Gasteiger partial charge in [-0.05, 0) is 50.5 Å². The Morgan fingerprint density at radius 3 is 2.43 bits per heavy atom. The minimum absolute atomic E-state index is 0.0760. The standard InChI is InChI=1S/C28H29N5O2/c1-20-7-9-24(10-8-20)35-27-26(30-13-14-31-27)22-11-16-32(17-12-22)28(34)25-6-4-3-5-23(25)19-33-18-15-29-21(33)2/h3-10,13-15,18,22H,11-12,16-17,19H2,1-2H3. The van der Waals surface area contributed by atoms with Crippen molar-refractivity contribution in [3.63, 3.8) is 0 Å². The van der Waals surface area contributed by atoms with Crippen LogP contribution >= 0.6 is 0 Å². The number of imidazole rings is 1. The van der Waals surface area contributed by atoms with Gasteiger partial charge in [-0.15, -0.1) is 0 Å². The zero-order valence-electron chi connectivity index (χ0n) is 20.1. The molecule has 0 radical (unpaired) electrons. The molecule has 1 fully saturated rings. The van der Waals surface area contributed by atoms with Crippen LogP contribution in [0.25, 0.3) is 0 Å². The highest BCUT2D eigenvalue weighted by Gasteiger charge is 2.28. The molecule has 4 aromatic rings. The second kappa shape index (κ2) is 10.1. The van der Waals surface area contributed by atoms with Crippen LogP contribution in [-0.4, -0.2) is 43.4 Å². The highest BCUT2D eigenvalue weighted by atomic mass is 16.5. The van der Waals surface area contributed by atoms with Gasteiger partial charge < -0.3 is 14.2 Å². The first kappa shape index (κ1) is 22.8. The van der Waals surface area contributed by atoms with Gasteiger partial charge >= 0.3 is 0 Å². The van der Waals surface area contributed by atoms with Gasteiger partial charge in [0.15, 0.2) is 0 Å². The van der Waals surface area contributed by atoms with E-state index in [-0.39, 0.29) is 11.8 Å². The largest absolute Gasteiger partial charge is 0.437 e. The highest BCUT2D eigenvalue weighted by molar-refractivity contribution is 5.95. The summed E-state index contributed by atoms with van der Waals surface area (Å²) in [5.41, 5.74) is 3.79. The number of piperidine rings is 1. The van der Waals surface area contributed by atoms with Crippen LogP contribution in [0.3, 0.4) is 0 Å². The van der Waals surface area contributed by atoms with Crippen molar-refractivity contribution in [3.05, 3.63) is 102 Å². The molecular weight excluding hydrogens is 438 g/mol. The molecule has 0 bridgehead atoms. The molecule has 0 atom stereocenters. The van der Waals surface area contributed by atoms with Crippen molar-refractivity contribution in [1.82, 2.24) is 24.4 Å². The SMILES string of the molecule is Cc1ccc(Oc2nccnc2C2CCN(C(=O)c3ccccc3Cn3ccnc3C)CC2)cc1. The predicted octanol–water partition coefficient (Wildman–Crippen LogP) is 5.15. The molecule has 178 valence electrons. The number of aromatic nitrogens is 4. The average molecular weight is 468 g/mol. The average Bonchev–Trinajstić information content (AvgIpc) is 3.30. The summed E-state index contributed by atoms with van der Waals surface area (Å²) in [6.07, 6.45) is 8.73. The highest BCUT2D eigenvalue weighted by Crippen LogP contribution is 2.34. The lowest BCUT2D eigenvalue weighted by Gasteiger charge is -2.32. The lowest BCUT2D eigenvalue weighted by Crippen LogP contribution is -2.38. The Morgan fingerprint density at radius 1 is 0.943 bits per heavy atom. The summed E-state index contributed by atoms with van der Waals surface area (Å²) in [6.45, 7) is 5.98. The summed E-state index contributed by atoms with van der Waals surface area (Å²) in [6, 6.07) is 15.8. The van der Waals surface area contributed by atoms with Crippen LogP contribution in [0, 0.1) is 13.8 Å². The lowest BCUT2D eigenvalue weighted by atomic mass is 9.92.